The quantitative estimate of drug-likeness (QED) is 0.247. The van der Waals surface area contributed by atoms with E-state index in [1.807, 2.05) is 68.4 Å². The van der Waals surface area contributed by atoms with Crippen molar-refractivity contribution in [3.05, 3.63) is 114 Å². The maximum absolute atomic E-state index is 12.3. The Bertz CT molecular complexity index is 1330. The average Bonchev–Trinajstić information content (AvgIpc) is 2.91. The normalized spacial score (nSPS) is 12.4. The summed E-state index contributed by atoms with van der Waals surface area (Å²) >= 11 is 0. The number of pyridine rings is 3. The first-order chi connectivity index (χ1) is 18.4. The van der Waals surface area contributed by atoms with Crippen LogP contribution in [0.15, 0.2) is 91.3 Å². The van der Waals surface area contributed by atoms with Gasteiger partial charge in [-0.3, -0.25) is 15.6 Å². The molecular formula is C29H29N5O4. The number of carboxylic acid groups (broad SMARTS) is 1. The number of carbonyl (C=O) groups is 2. The van der Waals surface area contributed by atoms with E-state index in [2.05, 4.69) is 20.6 Å². The van der Waals surface area contributed by atoms with Crippen LogP contribution < -0.4 is 10.6 Å². The molecule has 0 fully saturated rings. The van der Waals surface area contributed by atoms with E-state index in [4.69, 9.17) is 9.72 Å². The van der Waals surface area contributed by atoms with E-state index in [1.165, 1.54) is 0 Å². The van der Waals surface area contributed by atoms with Gasteiger partial charge in [0.25, 0.3) is 0 Å². The Morgan fingerprint density at radius 2 is 1.42 bits per heavy atom. The molecular weight excluding hydrogens is 482 g/mol. The summed E-state index contributed by atoms with van der Waals surface area (Å²) in [5.41, 5.74) is 3.16. The fourth-order valence-electron chi connectivity index (χ4n) is 4.17. The number of ether oxygens (including phenoxy) is 1. The molecule has 0 spiro atoms. The van der Waals surface area contributed by atoms with Crippen LogP contribution in [0.5, 0.6) is 0 Å². The minimum atomic E-state index is -1.21. The molecule has 2 atom stereocenters. The van der Waals surface area contributed by atoms with Gasteiger partial charge in [-0.25, -0.2) is 19.6 Å². The maximum atomic E-state index is 12.3. The number of benzene rings is 1. The van der Waals surface area contributed by atoms with Gasteiger partial charge in [-0.2, -0.15) is 0 Å². The van der Waals surface area contributed by atoms with Gasteiger partial charge >= 0.3 is 12.2 Å². The number of aromatic nitrogens is 3. The van der Waals surface area contributed by atoms with Gasteiger partial charge in [0.2, 0.25) is 0 Å². The van der Waals surface area contributed by atoms with Crippen LogP contribution in [-0.2, 0) is 4.74 Å². The van der Waals surface area contributed by atoms with Crippen molar-refractivity contribution >= 4 is 23.8 Å². The molecule has 0 saturated carbocycles. The van der Waals surface area contributed by atoms with Crippen LogP contribution in [0, 0.1) is 5.92 Å². The molecule has 0 saturated heterocycles. The first-order valence-electron chi connectivity index (χ1n) is 12.2. The van der Waals surface area contributed by atoms with E-state index in [1.54, 1.807) is 36.7 Å². The number of hydrogen-bond acceptors (Lipinski definition) is 6. The summed E-state index contributed by atoms with van der Waals surface area (Å²) < 4.78 is 5.26. The zero-order valence-corrected chi connectivity index (χ0v) is 21.1. The Balaban J connectivity index is 1.83. The highest BCUT2D eigenvalue weighted by Gasteiger charge is 2.31. The van der Waals surface area contributed by atoms with Crippen molar-refractivity contribution in [2.24, 2.45) is 5.92 Å². The SMILES string of the molecule is CC(C)COC(=O)Nc1cccc(C(c2cccc(NC(=O)O)n2)C(c2ccccc2)c2cccnc2)n1. The largest absolute Gasteiger partial charge is 0.465 e. The van der Waals surface area contributed by atoms with E-state index in [0.717, 1.165) is 11.1 Å². The Hall–Kier alpha value is -4.79. The fourth-order valence-corrected chi connectivity index (χ4v) is 4.17. The second kappa shape index (κ2) is 12.4. The molecule has 0 aliphatic heterocycles. The number of nitrogens with zero attached hydrogens (tertiary/aromatic N) is 3. The van der Waals surface area contributed by atoms with Crippen LogP contribution in [0.25, 0.3) is 0 Å². The number of rotatable bonds is 9. The molecule has 194 valence electrons. The van der Waals surface area contributed by atoms with Crippen molar-refractivity contribution in [2.45, 2.75) is 25.7 Å². The predicted molar refractivity (Wildman–Crippen MR) is 144 cm³/mol. The lowest BCUT2D eigenvalue weighted by Crippen LogP contribution is -2.20. The van der Waals surface area contributed by atoms with Crippen LogP contribution in [0.2, 0.25) is 0 Å². The van der Waals surface area contributed by atoms with Crippen LogP contribution in [0.1, 0.15) is 48.2 Å². The average molecular weight is 512 g/mol. The number of anilines is 2. The highest BCUT2D eigenvalue weighted by atomic mass is 16.5. The molecule has 38 heavy (non-hydrogen) atoms. The smallest absolute Gasteiger partial charge is 0.412 e. The Kier molecular flexibility index (Phi) is 8.61. The molecule has 2 unspecified atom stereocenters. The summed E-state index contributed by atoms with van der Waals surface area (Å²) in [4.78, 5) is 37.4. The standard InChI is InChI=1S/C29H29N5O4/c1-19(2)18-38-29(37)34-25-15-7-13-23(32-25)27(22-12-6-14-24(31-22)33-28(35)36)26(20-9-4-3-5-10-20)21-11-8-16-30-17-21/h3-17,19,26-27H,18H2,1-2H3,(H,31,33)(H,35,36)(H,32,34,37). The molecule has 0 radical (unpaired) electrons. The molecule has 1 aromatic carbocycles. The third-order valence-electron chi connectivity index (χ3n) is 5.73. The fraction of sp³-hybridized carbons (Fsp3) is 0.207. The lowest BCUT2D eigenvalue weighted by Gasteiger charge is -2.28. The van der Waals surface area contributed by atoms with E-state index < -0.39 is 18.1 Å². The molecule has 2 amide bonds. The van der Waals surface area contributed by atoms with Crippen LogP contribution in [0.4, 0.5) is 21.2 Å². The van der Waals surface area contributed by atoms with Crippen molar-refractivity contribution in [1.82, 2.24) is 15.0 Å². The van der Waals surface area contributed by atoms with Crippen LogP contribution in [-0.4, -0.2) is 38.9 Å². The minimum absolute atomic E-state index is 0.199. The van der Waals surface area contributed by atoms with E-state index in [-0.39, 0.29) is 17.7 Å². The summed E-state index contributed by atoms with van der Waals surface area (Å²) in [6.45, 7) is 4.21. The van der Waals surface area contributed by atoms with E-state index >= 15 is 0 Å². The summed E-state index contributed by atoms with van der Waals surface area (Å²) in [6.07, 6.45) is 1.72. The van der Waals surface area contributed by atoms with Crippen LogP contribution >= 0.6 is 0 Å². The topological polar surface area (TPSA) is 126 Å². The maximum Gasteiger partial charge on any atom is 0.412 e. The Morgan fingerprint density at radius 3 is 2.00 bits per heavy atom. The van der Waals surface area contributed by atoms with Gasteiger partial charge in [0.15, 0.2) is 0 Å². The van der Waals surface area contributed by atoms with Gasteiger partial charge in [0.05, 0.1) is 23.9 Å². The highest BCUT2D eigenvalue weighted by Crippen LogP contribution is 2.42. The van der Waals surface area contributed by atoms with Gasteiger partial charge in [0, 0.05) is 18.3 Å². The number of hydrogen-bond donors (Lipinski definition) is 3. The third-order valence-corrected chi connectivity index (χ3v) is 5.73. The monoisotopic (exact) mass is 511 g/mol. The second-order valence-electron chi connectivity index (χ2n) is 9.10. The lowest BCUT2D eigenvalue weighted by atomic mass is 9.77. The molecule has 4 aromatic rings. The number of amides is 2. The second-order valence-corrected chi connectivity index (χ2v) is 9.10. The summed E-state index contributed by atoms with van der Waals surface area (Å²) in [7, 11) is 0. The molecule has 9 heteroatoms. The van der Waals surface area contributed by atoms with E-state index in [0.29, 0.717) is 23.8 Å². The molecule has 3 aromatic heterocycles. The van der Waals surface area contributed by atoms with E-state index in [9.17, 15) is 14.7 Å². The Morgan fingerprint density at radius 1 is 0.789 bits per heavy atom. The number of carbonyl (C=O) groups excluding carboxylic acids is 1. The zero-order valence-electron chi connectivity index (χ0n) is 21.1. The van der Waals surface area contributed by atoms with Crippen LogP contribution in [0.3, 0.4) is 0 Å². The minimum Gasteiger partial charge on any atom is -0.465 e. The van der Waals surface area contributed by atoms with Gasteiger partial charge < -0.3 is 9.84 Å². The highest BCUT2D eigenvalue weighted by molar-refractivity contribution is 5.83. The zero-order chi connectivity index (χ0) is 26.9. The molecule has 9 nitrogen and oxygen atoms in total. The first kappa shape index (κ1) is 26.3. The summed E-state index contributed by atoms with van der Waals surface area (Å²) in [6, 6.07) is 24.3. The third kappa shape index (κ3) is 6.91. The molecule has 3 heterocycles. The lowest BCUT2D eigenvalue weighted by molar-refractivity contribution is 0.147. The molecule has 3 N–H and O–H groups in total. The van der Waals surface area contributed by atoms with Crippen molar-refractivity contribution in [2.75, 3.05) is 17.2 Å². The predicted octanol–water partition coefficient (Wildman–Crippen LogP) is 6.13. The van der Waals surface area contributed by atoms with Gasteiger partial charge in [-0.15, -0.1) is 0 Å². The summed E-state index contributed by atoms with van der Waals surface area (Å²) in [5, 5.41) is 14.3. The van der Waals surface area contributed by atoms with Crippen molar-refractivity contribution in [1.29, 1.82) is 0 Å². The Labute approximate surface area is 221 Å². The van der Waals surface area contributed by atoms with Crippen molar-refractivity contribution in [3.8, 4) is 0 Å². The van der Waals surface area contributed by atoms with Gasteiger partial charge in [-0.1, -0.05) is 62.4 Å². The summed E-state index contributed by atoms with van der Waals surface area (Å²) in [5.74, 6) is 0.00982. The molecule has 4 rings (SSSR count). The van der Waals surface area contributed by atoms with Gasteiger partial charge in [0.1, 0.15) is 11.6 Å². The molecule has 0 aliphatic rings. The van der Waals surface area contributed by atoms with Gasteiger partial charge in [-0.05, 0) is 47.4 Å². The van der Waals surface area contributed by atoms with Crippen molar-refractivity contribution in [3.63, 3.8) is 0 Å². The number of nitrogens with one attached hydrogen (secondary N) is 2. The van der Waals surface area contributed by atoms with Crippen molar-refractivity contribution < 1.29 is 19.4 Å². The molecule has 0 bridgehead atoms. The first-order valence-corrected chi connectivity index (χ1v) is 12.2. The molecule has 0 aliphatic carbocycles.